The number of aliphatic imine (C=N–C) groups is 1. The van der Waals surface area contributed by atoms with Crippen molar-refractivity contribution in [1.82, 2.24) is 4.31 Å². The van der Waals surface area contributed by atoms with Gasteiger partial charge in [-0.1, -0.05) is 29.8 Å². The number of allylic oxidation sites excluding steroid dienone is 1. The fourth-order valence-electron chi connectivity index (χ4n) is 1.39. The molecular weight excluding hydrogens is 260 g/mol. The first-order valence-corrected chi connectivity index (χ1v) is 6.79. The molecule has 1 heterocycles. The Bertz CT molecular complexity index is 579. The number of rotatable bonds is 2. The summed E-state index contributed by atoms with van der Waals surface area (Å²) in [7, 11) is -3.55. The van der Waals surface area contributed by atoms with Crippen LogP contribution in [0.2, 0.25) is 0 Å². The maximum Gasteiger partial charge on any atom is 0.265 e. The molecule has 0 saturated heterocycles. The predicted octanol–water partition coefficient (Wildman–Crippen LogP) is 2.19. The molecular formula is C11H11ClN2O2S. The quantitative estimate of drug-likeness (QED) is 0.827. The van der Waals surface area contributed by atoms with Crippen LogP contribution >= 0.6 is 11.6 Å². The van der Waals surface area contributed by atoms with E-state index in [0.29, 0.717) is 10.7 Å². The molecule has 17 heavy (non-hydrogen) atoms. The third-order valence-electron chi connectivity index (χ3n) is 2.40. The van der Waals surface area contributed by atoms with Crippen molar-refractivity contribution < 1.29 is 8.42 Å². The summed E-state index contributed by atoms with van der Waals surface area (Å²) in [5.74, 6) is 0. The molecule has 0 unspecified atom stereocenters. The highest BCUT2D eigenvalue weighted by molar-refractivity contribution is 7.89. The highest BCUT2D eigenvalue weighted by Crippen LogP contribution is 2.20. The molecule has 1 aliphatic heterocycles. The van der Waals surface area contributed by atoms with Crippen LogP contribution in [0, 0.1) is 0 Å². The average molecular weight is 271 g/mol. The van der Waals surface area contributed by atoms with Crippen molar-refractivity contribution in [3.63, 3.8) is 0 Å². The molecule has 0 aromatic heterocycles. The number of hydrogen-bond acceptors (Lipinski definition) is 3. The zero-order chi connectivity index (χ0) is 12.5. The molecule has 0 aliphatic carbocycles. The van der Waals surface area contributed by atoms with Gasteiger partial charge in [0.05, 0.1) is 15.6 Å². The zero-order valence-electron chi connectivity index (χ0n) is 9.17. The smallest absolute Gasteiger partial charge is 0.265 e. The van der Waals surface area contributed by atoms with Gasteiger partial charge in [0.1, 0.15) is 6.67 Å². The van der Waals surface area contributed by atoms with E-state index in [1.54, 1.807) is 37.3 Å². The van der Waals surface area contributed by atoms with E-state index < -0.39 is 10.0 Å². The Morgan fingerprint density at radius 2 is 1.94 bits per heavy atom. The lowest BCUT2D eigenvalue weighted by Crippen LogP contribution is -2.29. The summed E-state index contributed by atoms with van der Waals surface area (Å²) in [6.45, 7) is 1.81. The van der Waals surface area contributed by atoms with Crippen molar-refractivity contribution >= 4 is 27.3 Å². The van der Waals surface area contributed by atoms with E-state index in [4.69, 9.17) is 11.6 Å². The molecule has 0 amide bonds. The lowest BCUT2D eigenvalue weighted by Gasteiger charge is -2.22. The monoisotopic (exact) mass is 270 g/mol. The maximum atomic E-state index is 12.2. The van der Waals surface area contributed by atoms with Gasteiger partial charge < -0.3 is 0 Å². The lowest BCUT2D eigenvalue weighted by molar-refractivity contribution is 0.503. The number of hydrogen-bond donors (Lipinski definition) is 0. The van der Waals surface area contributed by atoms with Crippen LogP contribution < -0.4 is 0 Å². The Morgan fingerprint density at radius 3 is 2.53 bits per heavy atom. The van der Waals surface area contributed by atoms with Crippen LogP contribution in [-0.2, 0) is 10.0 Å². The standard InChI is InChI=1S/C11H11ClN2O2S/c1-9-11(12)7-14(8-13-9)17(15,16)10-5-3-2-4-6-10/h2-7H,8H2,1H3. The van der Waals surface area contributed by atoms with Crippen molar-refractivity contribution in [3.8, 4) is 0 Å². The molecule has 0 bridgehead atoms. The summed E-state index contributed by atoms with van der Waals surface area (Å²) in [5, 5.41) is 0.343. The Hall–Kier alpha value is -1.33. The second-order valence-electron chi connectivity index (χ2n) is 3.57. The molecule has 0 radical (unpaired) electrons. The van der Waals surface area contributed by atoms with Gasteiger partial charge in [0.25, 0.3) is 10.0 Å². The summed E-state index contributed by atoms with van der Waals surface area (Å²) in [5.41, 5.74) is 0.645. The Kier molecular flexibility index (Phi) is 3.22. The molecule has 1 aromatic carbocycles. The van der Waals surface area contributed by atoms with Gasteiger partial charge in [0.15, 0.2) is 0 Å². The fourth-order valence-corrected chi connectivity index (χ4v) is 2.85. The van der Waals surface area contributed by atoms with E-state index in [-0.39, 0.29) is 11.6 Å². The topological polar surface area (TPSA) is 49.7 Å². The third-order valence-corrected chi connectivity index (χ3v) is 4.48. The van der Waals surface area contributed by atoms with E-state index in [0.717, 1.165) is 4.31 Å². The molecule has 2 rings (SSSR count). The van der Waals surface area contributed by atoms with Crippen molar-refractivity contribution in [1.29, 1.82) is 0 Å². The van der Waals surface area contributed by atoms with Crippen molar-refractivity contribution in [2.45, 2.75) is 11.8 Å². The van der Waals surface area contributed by atoms with Gasteiger partial charge in [-0.15, -0.1) is 0 Å². The Balaban J connectivity index is 2.37. The first-order chi connectivity index (χ1) is 8.01. The van der Waals surface area contributed by atoms with E-state index >= 15 is 0 Å². The largest absolute Gasteiger partial charge is 0.266 e. The second-order valence-corrected chi connectivity index (χ2v) is 5.86. The molecule has 0 saturated carbocycles. The average Bonchev–Trinajstić information content (AvgIpc) is 2.33. The molecule has 4 nitrogen and oxygen atoms in total. The summed E-state index contributed by atoms with van der Waals surface area (Å²) in [6, 6.07) is 8.21. The van der Waals surface area contributed by atoms with Gasteiger partial charge in [0.2, 0.25) is 0 Å². The van der Waals surface area contributed by atoms with Gasteiger partial charge in [0, 0.05) is 6.20 Å². The summed E-state index contributed by atoms with van der Waals surface area (Å²) in [4.78, 5) is 4.28. The molecule has 1 aromatic rings. The number of halogens is 1. The van der Waals surface area contributed by atoms with Crippen LogP contribution in [0.25, 0.3) is 0 Å². The number of sulfonamides is 1. The van der Waals surface area contributed by atoms with Crippen molar-refractivity contribution in [2.75, 3.05) is 6.67 Å². The van der Waals surface area contributed by atoms with Crippen LogP contribution in [-0.4, -0.2) is 25.1 Å². The van der Waals surface area contributed by atoms with Crippen LogP contribution in [0.1, 0.15) is 6.92 Å². The van der Waals surface area contributed by atoms with Crippen LogP contribution in [0.4, 0.5) is 0 Å². The minimum atomic E-state index is -3.55. The normalized spacial score (nSPS) is 16.5. The van der Waals surface area contributed by atoms with E-state index in [1.165, 1.54) is 6.20 Å². The van der Waals surface area contributed by atoms with Crippen LogP contribution in [0.5, 0.6) is 0 Å². The number of benzene rings is 1. The minimum absolute atomic E-state index is 0.0687. The fraction of sp³-hybridized carbons (Fsp3) is 0.182. The molecule has 90 valence electrons. The molecule has 0 N–H and O–H groups in total. The van der Waals surface area contributed by atoms with Gasteiger partial charge in [-0.2, -0.15) is 0 Å². The minimum Gasteiger partial charge on any atom is -0.266 e. The van der Waals surface area contributed by atoms with Crippen molar-refractivity contribution in [2.24, 2.45) is 4.99 Å². The highest BCUT2D eigenvalue weighted by Gasteiger charge is 2.24. The number of nitrogens with zero attached hydrogens (tertiary/aromatic N) is 2. The predicted molar refractivity (Wildman–Crippen MR) is 67.4 cm³/mol. The molecule has 1 aliphatic rings. The van der Waals surface area contributed by atoms with E-state index in [9.17, 15) is 8.42 Å². The summed E-state index contributed by atoms with van der Waals surface area (Å²) < 4.78 is 25.5. The molecule has 0 atom stereocenters. The first-order valence-electron chi connectivity index (χ1n) is 4.97. The summed E-state index contributed by atoms with van der Waals surface area (Å²) in [6.07, 6.45) is 1.40. The van der Waals surface area contributed by atoms with E-state index in [2.05, 4.69) is 4.99 Å². The highest BCUT2D eigenvalue weighted by atomic mass is 35.5. The maximum absolute atomic E-state index is 12.2. The van der Waals surface area contributed by atoms with Gasteiger partial charge >= 0.3 is 0 Å². The van der Waals surface area contributed by atoms with Gasteiger partial charge in [-0.25, -0.2) is 8.42 Å². The lowest BCUT2D eigenvalue weighted by atomic mass is 10.4. The summed E-state index contributed by atoms with van der Waals surface area (Å²) >= 11 is 5.88. The Labute approximate surface area is 105 Å². The molecule has 0 fully saturated rings. The molecule has 0 spiro atoms. The van der Waals surface area contributed by atoms with Crippen molar-refractivity contribution in [3.05, 3.63) is 41.6 Å². The zero-order valence-corrected chi connectivity index (χ0v) is 10.7. The van der Waals surface area contributed by atoms with Crippen LogP contribution in [0.15, 0.2) is 51.5 Å². The van der Waals surface area contributed by atoms with Gasteiger partial charge in [-0.05, 0) is 19.1 Å². The van der Waals surface area contributed by atoms with Crippen LogP contribution in [0.3, 0.4) is 0 Å². The Morgan fingerprint density at radius 1 is 1.29 bits per heavy atom. The third kappa shape index (κ3) is 2.35. The van der Waals surface area contributed by atoms with E-state index in [1.807, 2.05) is 0 Å². The SMILES string of the molecule is CC1=NCN(S(=O)(=O)c2ccccc2)C=C1Cl. The second kappa shape index (κ2) is 4.50. The van der Waals surface area contributed by atoms with Gasteiger partial charge in [-0.3, -0.25) is 9.30 Å². The molecule has 6 heteroatoms. The first kappa shape index (κ1) is 12.1.